The Kier molecular flexibility index (Phi) is 4.32. The molecule has 7 heteroatoms. The van der Waals surface area contributed by atoms with Gasteiger partial charge in [-0.05, 0) is 48.5 Å². The standard InChI is InChI=1S/C19H12Cl2N4O/c20-13-1-5-15(6-2-13)24-11-22-9-17(24)19(26)18-10-23-12-25(18)16-7-3-14(21)4-8-16/h1-12H. The number of carbonyl (C=O) groups excluding carboxylic acids is 1. The molecule has 5 nitrogen and oxygen atoms in total. The number of carbonyl (C=O) groups is 1. The molecule has 0 aliphatic carbocycles. The average molecular weight is 383 g/mol. The van der Waals surface area contributed by atoms with Crippen LogP contribution in [0.4, 0.5) is 0 Å². The Morgan fingerprint density at radius 1 is 0.692 bits per heavy atom. The van der Waals surface area contributed by atoms with Gasteiger partial charge in [-0.15, -0.1) is 0 Å². The lowest BCUT2D eigenvalue weighted by molar-refractivity contribution is 0.102. The number of hydrogen-bond acceptors (Lipinski definition) is 3. The van der Waals surface area contributed by atoms with Gasteiger partial charge in [-0.25, -0.2) is 9.97 Å². The molecule has 4 aromatic rings. The van der Waals surface area contributed by atoms with Crippen molar-refractivity contribution in [1.29, 1.82) is 0 Å². The highest BCUT2D eigenvalue weighted by molar-refractivity contribution is 6.30. The fraction of sp³-hybridized carbons (Fsp3) is 0. The first-order valence-corrected chi connectivity index (χ1v) is 8.50. The maximum Gasteiger partial charge on any atom is 0.229 e. The molecule has 0 fully saturated rings. The molecule has 0 radical (unpaired) electrons. The van der Waals surface area contributed by atoms with Gasteiger partial charge in [0.25, 0.3) is 0 Å². The van der Waals surface area contributed by atoms with E-state index in [1.165, 1.54) is 12.4 Å². The van der Waals surface area contributed by atoms with Crippen molar-refractivity contribution in [2.24, 2.45) is 0 Å². The smallest absolute Gasteiger partial charge is 0.229 e. The van der Waals surface area contributed by atoms with Gasteiger partial charge in [0, 0.05) is 21.4 Å². The zero-order chi connectivity index (χ0) is 18.1. The maximum absolute atomic E-state index is 13.1. The molecule has 0 bridgehead atoms. The summed E-state index contributed by atoms with van der Waals surface area (Å²) in [6, 6.07) is 14.4. The molecule has 4 rings (SSSR count). The van der Waals surface area contributed by atoms with Crippen molar-refractivity contribution in [2.45, 2.75) is 0 Å². The highest BCUT2D eigenvalue weighted by Crippen LogP contribution is 2.20. The molecule has 26 heavy (non-hydrogen) atoms. The van der Waals surface area contributed by atoms with E-state index in [9.17, 15) is 4.79 Å². The predicted octanol–water partition coefficient (Wildman–Crippen LogP) is 4.60. The second kappa shape index (κ2) is 6.78. The molecule has 0 saturated heterocycles. The fourth-order valence-electron chi connectivity index (χ4n) is 2.67. The zero-order valence-corrected chi connectivity index (χ0v) is 14.9. The second-order valence-electron chi connectivity index (χ2n) is 5.58. The molecule has 128 valence electrons. The van der Waals surface area contributed by atoms with Crippen LogP contribution in [0.2, 0.25) is 10.0 Å². The van der Waals surface area contributed by atoms with Crippen molar-refractivity contribution in [3.63, 3.8) is 0 Å². The van der Waals surface area contributed by atoms with E-state index in [1.54, 1.807) is 46.1 Å². The third kappa shape index (κ3) is 3.03. The number of hydrogen-bond donors (Lipinski definition) is 0. The van der Waals surface area contributed by atoms with E-state index in [0.717, 1.165) is 11.4 Å². The number of ketones is 1. The molecule has 2 aromatic heterocycles. The van der Waals surface area contributed by atoms with Crippen LogP contribution in [-0.4, -0.2) is 24.9 Å². The summed E-state index contributed by atoms with van der Waals surface area (Å²) in [5, 5.41) is 1.25. The molecule has 2 heterocycles. The van der Waals surface area contributed by atoms with E-state index in [1.807, 2.05) is 24.3 Å². The quantitative estimate of drug-likeness (QED) is 0.484. The SMILES string of the molecule is O=C(c1cncn1-c1ccc(Cl)cc1)c1cncn1-c1ccc(Cl)cc1. The van der Waals surface area contributed by atoms with Gasteiger partial charge in [-0.1, -0.05) is 23.2 Å². The molecule has 0 N–H and O–H groups in total. The van der Waals surface area contributed by atoms with Gasteiger partial charge in [0.15, 0.2) is 0 Å². The predicted molar refractivity (Wildman–Crippen MR) is 101 cm³/mol. The van der Waals surface area contributed by atoms with E-state index < -0.39 is 0 Å². The highest BCUT2D eigenvalue weighted by Gasteiger charge is 2.19. The van der Waals surface area contributed by atoms with Crippen molar-refractivity contribution < 1.29 is 4.79 Å². The number of halogens is 2. The van der Waals surface area contributed by atoms with Crippen LogP contribution in [0.5, 0.6) is 0 Å². The number of imidazole rings is 2. The molecule has 0 unspecified atom stereocenters. The minimum absolute atomic E-state index is 0.190. The second-order valence-corrected chi connectivity index (χ2v) is 6.45. The van der Waals surface area contributed by atoms with E-state index >= 15 is 0 Å². The van der Waals surface area contributed by atoms with Gasteiger partial charge < -0.3 is 0 Å². The Bertz CT molecular complexity index is 980. The first kappa shape index (κ1) is 16.6. The highest BCUT2D eigenvalue weighted by atomic mass is 35.5. The number of aromatic nitrogens is 4. The van der Waals surface area contributed by atoms with Gasteiger partial charge in [0.05, 0.1) is 25.0 Å². The van der Waals surface area contributed by atoms with Crippen molar-refractivity contribution >= 4 is 29.0 Å². The van der Waals surface area contributed by atoms with Gasteiger partial charge in [-0.3, -0.25) is 13.9 Å². The topological polar surface area (TPSA) is 52.7 Å². The summed E-state index contributed by atoms with van der Waals surface area (Å²) in [5.41, 5.74) is 2.46. The van der Waals surface area contributed by atoms with E-state index in [0.29, 0.717) is 21.4 Å². The lowest BCUT2D eigenvalue weighted by atomic mass is 10.2. The Labute approximate surface area is 159 Å². The average Bonchev–Trinajstić information content (AvgIpc) is 3.32. The fourth-order valence-corrected chi connectivity index (χ4v) is 2.92. The Morgan fingerprint density at radius 2 is 1.08 bits per heavy atom. The maximum atomic E-state index is 13.1. The van der Waals surface area contributed by atoms with Gasteiger partial charge in [0.1, 0.15) is 11.4 Å². The third-order valence-electron chi connectivity index (χ3n) is 3.95. The normalized spacial score (nSPS) is 10.8. The Morgan fingerprint density at radius 3 is 1.46 bits per heavy atom. The molecular weight excluding hydrogens is 371 g/mol. The minimum Gasteiger partial charge on any atom is -0.296 e. The van der Waals surface area contributed by atoms with Crippen molar-refractivity contribution in [3.05, 3.63) is 95.0 Å². The number of rotatable bonds is 4. The minimum atomic E-state index is -0.190. The van der Waals surface area contributed by atoms with E-state index in [-0.39, 0.29) is 5.78 Å². The molecule has 0 amide bonds. The molecule has 0 aliphatic heterocycles. The van der Waals surface area contributed by atoms with Gasteiger partial charge >= 0.3 is 0 Å². The van der Waals surface area contributed by atoms with Crippen LogP contribution in [0.25, 0.3) is 11.4 Å². The lowest BCUT2D eigenvalue weighted by Gasteiger charge is -2.10. The number of benzene rings is 2. The van der Waals surface area contributed by atoms with E-state index in [2.05, 4.69) is 9.97 Å². The summed E-state index contributed by atoms with van der Waals surface area (Å²) in [5.74, 6) is -0.190. The molecule has 0 atom stereocenters. The van der Waals surface area contributed by atoms with E-state index in [4.69, 9.17) is 23.2 Å². The van der Waals surface area contributed by atoms with Gasteiger partial charge in [0.2, 0.25) is 5.78 Å². The van der Waals surface area contributed by atoms with Crippen molar-refractivity contribution in [3.8, 4) is 11.4 Å². The van der Waals surface area contributed by atoms with Crippen LogP contribution in [0.15, 0.2) is 73.6 Å². The van der Waals surface area contributed by atoms with Crippen molar-refractivity contribution in [1.82, 2.24) is 19.1 Å². The van der Waals surface area contributed by atoms with Crippen LogP contribution in [-0.2, 0) is 0 Å². The van der Waals surface area contributed by atoms with Crippen LogP contribution >= 0.6 is 23.2 Å². The van der Waals surface area contributed by atoms with Gasteiger partial charge in [-0.2, -0.15) is 0 Å². The van der Waals surface area contributed by atoms with Crippen LogP contribution in [0.1, 0.15) is 16.2 Å². The molecule has 0 saturated carbocycles. The Balaban J connectivity index is 1.75. The molecular formula is C19H12Cl2N4O. The summed E-state index contributed by atoms with van der Waals surface area (Å²) in [7, 11) is 0. The molecule has 0 spiro atoms. The first-order valence-electron chi connectivity index (χ1n) is 7.75. The summed E-state index contributed by atoms with van der Waals surface area (Å²) in [4.78, 5) is 21.4. The summed E-state index contributed by atoms with van der Waals surface area (Å²) >= 11 is 11.9. The number of nitrogens with zero attached hydrogens (tertiary/aromatic N) is 4. The van der Waals surface area contributed by atoms with Crippen LogP contribution in [0.3, 0.4) is 0 Å². The molecule has 2 aromatic carbocycles. The molecule has 0 aliphatic rings. The van der Waals surface area contributed by atoms with Crippen LogP contribution in [0, 0.1) is 0 Å². The monoisotopic (exact) mass is 382 g/mol. The summed E-state index contributed by atoms with van der Waals surface area (Å²) in [6.07, 6.45) is 6.27. The van der Waals surface area contributed by atoms with Crippen LogP contribution < -0.4 is 0 Å². The zero-order valence-electron chi connectivity index (χ0n) is 13.4. The Hall–Kier alpha value is -2.89. The van der Waals surface area contributed by atoms with Crippen molar-refractivity contribution in [2.75, 3.05) is 0 Å². The summed E-state index contributed by atoms with van der Waals surface area (Å²) in [6.45, 7) is 0. The largest absolute Gasteiger partial charge is 0.296 e. The third-order valence-corrected chi connectivity index (χ3v) is 4.46. The summed E-state index contributed by atoms with van der Waals surface area (Å²) < 4.78 is 3.44. The lowest BCUT2D eigenvalue weighted by Crippen LogP contribution is -2.12. The first-order chi connectivity index (χ1) is 12.6.